The van der Waals surface area contributed by atoms with Gasteiger partial charge in [-0.1, -0.05) is 18.2 Å². The highest BCUT2D eigenvalue weighted by Crippen LogP contribution is 2.18. The van der Waals surface area contributed by atoms with Crippen molar-refractivity contribution in [1.82, 2.24) is 9.97 Å². The van der Waals surface area contributed by atoms with Crippen molar-refractivity contribution in [2.24, 2.45) is 0 Å². The number of hydrogen-bond donors (Lipinski definition) is 2. The van der Waals surface area contributed by atoms with E-state index in [1.54, 1.807) is 24.3 Å². The average Bonchev–Trinajstić information content (AvgIpc) is 2.61. The number of Topliss-reactive ketones (excluding diaryl/α,β-unsaturated/α-hetero) is 1. The second-order valence-electron chi connectivity index (χ2n) is 6.38. The molecule has 0 spiro atoms. The van der Waals surface area contributed by atoms with Crippen LogP contribution in [0.2, 0.25) is 0 Å². The van der Waals surface area contributed by atoms with Gasteiger partial charge in [-0.3, -0.25) is 9.59 Å². The van der Waals surface area contributed by atoms with Crippen molar-refractivity contribution in [3.8, 4) is 0 Å². The minimum absolute atomic E-state index is 0.0187. The predicted octanol–water partition coefficient (Wildman–Crippen LogP) is 4.29. The van der Waals surface area contributed by atoms with Gasteiger partial charge in [0.05, 0.1) is 0 Å². The maximum absolute atomic E-state index is 12.5. The minimum atomic E-state index is -0.317. The maximum Gasteiger partial charge on any atom is 0.274 e. The topological polar surface area (TPSA) is 84.0 Å². The van der Waals surface area contributed by atoms with E-state index in [4.69, 9.17) is 0 Å². The summed E-state index contributed by atoms with van der Waals surface area (Å²) < 4.78 is 0. The highest BCUT2D eigenvalue weighted by atomic mass is 16.2. The third-order valence-corrected chi connectivity index (χ3v) is 3.92. The lowest BCUT2D eigenvalue weighted by Crippen LogP contribution is -2.14. The van der Waals surface area contributed by atoms with Crippen molar-refractivity contribution in [2.45, 2.75) is 20.8 Å². The smallest absolute Gasteiger partial charge is 0.274 e. The molecule has 136 valence electrons. The van der Waals surface area contributed by atoms with Crippen LogP contribution in [0.4, 0.5) is 17.2 Å². The van der Waals surface area contributed by atoms with Crippen LogP contribution in [0.5, 0.6) is 0 Å². The summed E-state index contributed by atoms with van der Waals surface area (Å²) in [5.74, 6) is 0.133. The number of nitrogens with one attached hydrogen (secondary N) is 2. The van der Waals surface area contributed by atoms with Gasteiger partial charge in [0.2, 0.25) is 0 Å². The van der Waals surface area contributed by atoms with E-state index in [0.717, 1.165) is 16.8 Å². The van der Waals surface area contributed by atoms with Crippen LogP contribution in [0.3, 0.4) is 0 Å². The first-order valence-electron chi connectivity index (χ1n) is 8.50. The van der Waals surface area contributed by atoms with Crippen LogP contribution in [0.25, 0.3) is 0 Å². The molecule has 0 unspecified atom stereocenters. The van der Waals surface area contributed by atoms with Crippen molar-refractivity contribution < 1.29 is 9.59 Å². The average molecular weight is 360 g/mol. The molecule has 0 fully saturated rings. The molecule has 6 nitrogen and oxygen atoms in total. The SMILES string of the molecule is CC(=O)c1cccc(Nc2cc(C(=O)Nc3cc(C)cc(C)c3)ncn2)c1. The molecule has 0 saturated carbocycles. The van der Waals surface area contributed by atoms with E-state index >= 15 is 0 Å². The zero-order chi connectivity index (χ0) is 19.4. The number of carbonyl (C=O) groups is 2. The number of anilines is 3. The molecule has 0 aliphatic heterocycles. The molecule has 1 aromatic heterocycles. The molecule has 1 heterocycles. The van der Waals surface area contributed by atoms with Gasteiger partial charge in [0.1, 0.15) is 17.8 Å². The highest BCUT2D eigenvalue weighted by Gasteiger charge is 2.10. The third kappa shape index (κ3) is 4.76. The van der Waals surface area contributed by atoms with E-state index in [2.05, 4.69) is 20.6 Å². The molecule has 0 aliphatic carbocycles. The molecule has 27 heavy (non-hydrogen) atoms. The molecule has 0 bridgehead atoms. The number of aryl methyl sites for hydroxylation is 2. The summed E-state index contributed by atoms with van der Waals surface area (Å²) in [7, 11) is 0. The van der Waals surface area contributed by atoms with Crippen molar-refractivity contribution in [2.75, 3.05) is 10.6 Å². The summed E-state index contributed by atoms with van der Waals surface area (Å²) in [4.78, 5) is 32.2. The Labute approximate surface area is 157 Å². The number of rotatable bonds is 5. The number of carbonyl (C=O) groups excluding carboxylic acids is 2. The number of aromatic nitrogens is 2. The fourth-order valence-electron chi connectivity index (χ4n) is 2.76. The quantitative estimate of drug-likeness (QED) is 0.663. The normalized spacial score (nSPS) is 10.3. The van der Waals surface area contributed by atoms with Crippen molar-refractivity contribution in [3.05, 3.63) is 77.2 Å². The van der Waals surface area contributed by atoms with Crippen LogP contribution < -0.4 is 10.6 Å². The number of benzene rings is 2. The summed E-state index contributed by atoms with van der Waals surface area (Å²) in [5, 5.41) is 5.95. The zero-order valence-corrected chi connectivity index (χ0v) is 15.4. The first kappa shape index (κ1) is 18.3. The van der Waals surface area contributed by atoms with Gasteiger partial charge in [-0.25, -0.2) is 9.97 Å². The zero-order valence-electron chi connectivity index (χ0n) is 15.4. The van der Waals surface area contributed by atoms with E-state index in [1.807, 2.05) is 38.1 Å². The molecular formula is C21H20N4O2. The maximum atomic E-state index is 12.5. The van der Waals surface area contributed by atoms with E-state index < -0.39 is 0 Å². The second kappa shape index (κ2) is 7.78. The summed E-state index contributed by atoms with van der Waals surface area (Å²) in [6.45, 7) is 5.47. The Hall–Kier alpha value is -3.54. The van der Waals surface area contributed by atoms with E-state index in [1.165, 1.54) is 13.3 Å². The molecule has 2 N–H and O–H groups in total. The van der Waals surface area contributed by atoms with Crippen LogP contribution >= 0.6 is 0 Å². The molecule has 0 saturated heterocycles. The van der Waals surface area contributed by atoms with E-state index in [-0.39, 0.29) is 17.4 Å². The van der Waals surface area contributed by atoms with Crippen molar-refractivity contribution >= 4 is 28.9 Å². The van der Waals surface area contributed by atoms with Crippen LogP contribution in [0.15, 0.2) is 54.9 Å². The van der Waals surface area contributed by atoms with Gasteiger partial charge in [0.25, 0.3) is 5.91 Å². The van der Waals surface area contributed by atoms with Gasteiger partial charge in [-0.05, 0) is 56.2 Å². The van der Waals surface area contributed by atoms with Gasteiger partial charge < -0.3 is 10.6 Å². The molecule has 0 aliphatic rings. The lowest BCUT2D eigenvalue weighted by Gasteiger charge is -2.09. The van der Waals surface area contributed by atoms with E-state index in [9.17, 15) is 9.59 Å². The molecule has 3 rings (SSSR count). The number of hydrogen-bond acceptors (Lipinski definition) is 5. The minimum Gasteiger partial charge on any atom is -0.340 e. The lowest BCUT2D eigenvalue weighted by molar-refractivity contribution is 0.101. The summed E-state index contributed by atoms with van der Waals surface area (Å²) >= 11 is 0. The van der Waals surface area contributed by atoms with Crippen molar-refractivity contribution in [1.29, 1.82) is 0 Å². The number of nitrogens with zero attached hydrogens (tertiary/aromatic N) is 2. The third-order valence-electron chi connectivity index (χ3n) is 3.92. The molecule has 1 amide bonds. The molecule has 0 radical (unpaired) electrons. The monoisotopic (exact) mass is 360 g/mol. The van der Waals surface area contributed by atoms with Crippen molar-refractivity contribution in [3.63, 3.8) is 0 Å². The Kier molecular flexibility index (Phi) is 5.26. The Morgan fingerprint density at radius 3 is 2.33 bits per heavy atom. The van der Waals surface area contributed by atoms with Gasteiger partial charge in [-0.15, -0.1) is 0 Å². The first-order chi connectivity index (χ1) is 12.9. The largest absolute Gasteiger partial charge is 0.340 e. The summed E-state index contributed by atoms with van der Waals surface area (Å²) in [6, 6.07) is 14.5. The van der Waals surface area contributed by atoms with Gasteiger partial charge in [-0.2, -0.15) is 0 Å². The van der Waals surface area contributed by atoms with Crippen LogP contribution in [0.1, 0.15) is 38.9 Å². The fourth-order valence-corrected chi connectivity index (χ4v) is 2.76. The standard InChI is InChI=1S/C21H20N4O2/c1-13-7-14(2)9-18(8-13)25-21(27)19-11-20(23-12-22-19)24-17-6-4-5-16(10-17)15(3)26/h4-12H,1-3H3,(H,25,27)(H,22,23,24). The van der Waals surface area contributed by atoms with Gasteiger partial charge >= 0.3 is 0 Å². The van der Waals surface area contributed by atoms with Crippen LogP contribution in [-0.4, -0.2) is 21.7 Å². The molecule has 6 heteroatoms. The second-order valence-corrected chi connectivity index (χ2v) is 6.38. The van der Waals surface area contributed by atoms with Gasteiger partial charge in [0, 0.05) is 23.0 Å². The molecule has 3 aromatic rings. The Balaban J connectivity index is 1.77. The number of ketones is 1. The van der Waals surface area contributed by atoms with Gasteiger partial charge in [0.15, 0.2) is 5.78 Å². The Morgan fingerprint density at radius 2 is 1.63 bits per heavy atom. The molecule has 2 aromatic carbocycles. The van der Waals surface area contributed by atoms with Crippen LogP contribution in [-0.2, 0) is 0 Å². The first-order valence-corrected chi connectivity index (χ1v) is 8.50. The summed E-state index contributed by atoms with van der Waals surface area (Å²) in [6.07, 6.45) is 1.33. The lowest BCUT2D eigenvalue weighted by atomic mass is 10.1. The van der Waals surface area contributed by atoms with Crippen LogP contribution in [0, 0.1) is 13.8 Å². The number of amides is 1. The fraction of sp³-hybridized carbons (Fsp3) is 0.143. The van der Waals surface area contributed by atoms with E-state index in [0.29, 0.717) is 17.1 Å². The Bertz CT molecular complexity index is 994. The molecular weight excluding hydrogens is 340 g/mol. The Morgan fingerprint density at radius 1 is 0.889 bits per heavy atom. The summed E-state index contributed by atoms with van der Waals surface area (Å²) in [5.41, 5.74) is 4.42. The predicted molar refractivity (Wildman–Crippen MR) is 106 cm³/mol. The highest BCUT2D eigenvalue weighted by molar-refractivity contribution is 6.03. The molecule has 0 atom stereocenters.